The monoisotopic (exact) mass is 318 g/mol. The van der Waals surface area contributed by atoms with E-state index in [1.54, 1.807) is 16.6 Å². The Bertz CT molecular complexity index is 764. The minimum atomic E-state index is -0.463. The zero-order chi connectivity index (χ0) is 15.3. The largest absolute Gasteiger partial charge is 0.378 e. The summed E-state index contributed by atoms with van der Waals surface area (Å²) in [5, 5.41) is 8.05. The van der Waals surface area contributed by atoms with Gasteiger partial charge in [0.2, 0.25) is 5.95 Å². The third-order valence-corrected chi connectivity index (χ3v) is 4.91. The maximum atomic E-state index is 12.9. The Morgan fingerprint density at radius 2 is 2.14 bits per heavy atom. The van der Waals surface area contributed by atoms with Gasteiger partial charge in [-0.1, -0.05) is 13.8 Å². The van der Waals surface area contributed by atoms with Gasteiger partial charge in [0.15, 0.2) is 5.82 Å². The van der Waals surface area contributed by atoms with E-state index in [2.05, 4.69) is 39.7 Å². The van der Waals surface area contributed by atoms with Gasteiger partial charge in [0, 0.05) is 11.3 Å². The summed E-state index contributed by atoms with van der Waals surface area (Å²) in [6.45, 7) is 4.42. The zero-order valence-corrected chi connectivity index (χ0v) is 13.0. The van der Waals surface area contributed by atoms with Crippen molar-refractivity contribution in [3.63, 3.8) is 0 Å². The van der Waals surface area contributed by atoms with E-state index >= 15 is 0 Å². The molecular formula is C14H15FN6S. The summed E-state index contributed by atoms with van der Waals surface area (Å²) >= 11 is 1.78. The van der Waals surface area contributed by atoms with E-state index in [0.717, 1.165) is 30.4 Å². The van der Waals surface area contributed by atoms with E-state index in [1.807, 2.05) is 6.20 Å². The number of allylic oxidation sites excluding steroid dienone is 1. The van der Waals surface area contributed by atoms with Gasteiger partial charge in [0.05, 0.1) is 29.4 Å². The molecule has 3 heterocycles. The number of nitrogens with one attached hydrogen (secondary N) is 2. The number of fused-ring (bicyclic) bond motifs is 2. The van der Waals surface area contributed by atoms with Gasteiger partial charge in [0.25, 0.3) is 0 Å². The number of nitrogens with zero attached hydrogens (tertiary/aromatic N) is 4. The Morgan fingerprint density at radius 3 is 2.91 bits per heavy atom. The van der Waals surface area contributed by atoms with Crippen molar-refractivity contribution in [2.75, 3.05) is 11.3 Å². The first-order chi connectivity index (χ1) is 10.5. The molecule has 0 spiro atoms. The molecule has 0 bridgehead atoms. The third-order valence-electron chi connectivity index (χ3n) is 3.89. The predicted molar refractivity (Wildman–Crippen MR) is 83.4 cm³/mol. The molecule has 2 aromatic heterocycles. The van der Waals surface area contributed by atoms with Crippen molar-refractivity contribution < 1.29 is 4.39 Å². The van der Waals surface area contributed by atoms with Crippen molar-refractivity contribution in [1.82, 2.24) is 25.2 Å². The van der Waals surface area contributed by atoms with E-state index in [4.69, 9.17) is 0 Å². The van der Waals surface area contributed by atoms with Gasteiger partial charge in [-0.3, -0.25) is 0 Å². The van der Waals surface area contributed by atoms with Crippen LogP contribution in [0.25, 0.3) is 4.91 Å². The van der Waals surface area contributed by atoms with Crippen molar-refractivity contribution in [3.8, 4) is 0 Å². The van der Waals surface area contributed by atoms with Gasteiger partial charge >= 0.3 is 0 Å². The molecule has 0 unspecified atom stereocenters. The lowest BCUT2D eigenvalue weighted by molar-refractivity contribution is 0.500. The van der Waals surface area contributed by atoms with E-state index in [0.29, 0.717) is 5.95 Å². The summed E-state index contributed by atoms with van der Waals surface area (Å²) in [5.74, 6) is 0.738. The minimum Gasteiger partial charge on any atom is -0.378 e. The highest BCUT2D eigenvalue weighted by atomic mass is 32.2. The van der Waals surface area contributed by atoms with Crippen LogP contribution >= 0.6 is 11.8 Å². The third kappa shape index (κ3) is 2.14. The molecule has 0 saturated heterocycles. The topological polar surface area (TPSA) is 67.7 Å². The molecule has 1 aliphatic heterocycles. The van der Waals surface area contributed by atoms with Gasteiger partial charge in [-0.2, -0.15) is 9.89 Å². The summed E-state index contributed by atoms with van der Waals surface area (Å²) < 4.78 is 12.9. The van der Waals surface area contributed by atoms with Crippen LogP contribution in [0.1, 0.15) is 31.5 Å². The lowest BCUT2D eigenvalue weighted by Crippen LogP contribution is -2.25. The second kappa shape index (κ2) is 4.70. The second-order valence-corrected chi connectivity index (χ2v) is 6.99. The van der Waals surface area contributed by atoms with Crippen LogP contribution in [0.15, 0.2) is 24.3 Å². The highest BCUT2D eigenvalue weighted by molar-refractivity contribution is 8.08. The molecule has 1 aliphatic carbocycles. The van der Waals surface area contributed by atoms with Crippen LogP contribution in [0.4, 0.5) is 10.3 Å². The fourth-order valence-electron chi connectivity index (χ4n) is 2.82. The van der Waals surface area contributed by atoms with E-state index in [9.17, 15) is 4.39 Å². The van der Waals surface area contributed by atoms with Crippen molar-refractivity contribution in [1.29, 1.82) is 0 Å². The van der Waals surface area contributed by atoms with Crippen LogP contribution in [-0.4, -0.2) is 25.7 Å². The van der Waals surface area contributed by atoms with Crippen LogP contribution in [0, 0.1) is 5.82 Å². The number of anilines is 1. The number of halogens is 1. The van der Waals surface area contributed by atoms with Crippen LogP contribution in [0.5, 0.6) is 0 Å². The highest BCUT2D eigenvalue weighted by Gasteiger charge is 2.37. The highest BCUT2D eigenvalue weighted by Crippen LogP contribution is 2.47. The molecule has 0 saturated carbocycles. The molecule has 2 aromatic rings. The van der Waals surface area contributed by atoms with Crippen molar-refractivity contribution in [2.24, 2.45) is 0 Å². The minimum absolute atomic E-state index is 0.00957. The summed E-state index contributed by atoms with van der Waals surface area (Å²) in [6.07, 6.45) is 5.19. The Labute approximate surface area is 131 Å². The van der Waals surface area contributed by atoms with Crippen LogP contribution < -0.4 is 10.7 Å². The van der Waals surface area contributed by atoms with Crippen LogP contribution in [0.2, 0.25) is 0 Å². The standard InChI is InChI=1S/C14H15FN6S/c1-14(2)3-10-12(22-7-18-10)11-9(14)6-21(19-11)20-13-16-4-8(15)5-17-13/h4-6,18H,3,7H2,1-2H3,(H,16,17,20). The Balaban J connectivity index is 1.71. The molecule has 2 N–H and O–H groups in total. The lowest BCUT2D eigenvalue weighted by atomic mass is 9.77. The molecular weight excluding hydrogens is 303 g/mol. The summed E-state index contributed by atoms with van der Waals surface area (Å²) in [7, 11) is 0. The zero-order valence-electron chi connectivity index (χ0n) is 12.2. The molecule has 0 fully saturated rings. The number of hydrogen-bond acceptors (Lipinski definition) is 6. The number of rotatable bonds is 2. The second-order valence-electron chi connectivity index (χ2n) is 6.01. The quantitative estimate of drug-likeness (QED) is 0.886. The number of aromatic nitrogens is 4. The van der Waals surface area contributed by atoms with Crippen LogP contribution in [-0.2, 0) is 5.41 Å². The summed E-state index contributed by atoms with van der Waals surface area (Å²) in [4.78, 5) is 10.6. The fraction of sp³-hybridized carbons (Fsp3) is 0.357. The maximum Gasteiger partial charge on any atom is 0.243 e. The molecule has 0 radical (unpaired) electrons. The summed E-state index contributed by atoms with van der Waals surface area (Å²) in [5.41, 5.74) is 6.44. The SMILES string of the molecule is CC1(C)CC2=C(SCN2)c2nn(Nc3ncc(F)cn3)cc21. The van der Waals surface area contributed by atoms with E-state index in [-0.39, 0.29) is 5.41 Å². The average molecular weight is 318 g/mol. The Kier molecular flexibility index (Phi) is 2.90. The molecule has 4 rings (SSSR count). The summed E-state index contributed by atoms with van der Waals surface area (Å²) in [6, 6.07) is 0. The van der Waals surface area contributed by atoms with E-state index in [1.165, 1.54) is 16.2 Å². The Hall–Kier alpha value is -2.09. The van der Waals surface area contributed by atoms with Gasteiger partial charge in [0.1, 0.15) is 5.69 Å². The van der Waals surface area contributed by atoms with Gasteiger partial charge in [-0.25, -0.2) is 19.8 Å². The van der Waals surface area contributed by atoms with E-state index < -0.39 is 5.82 Å². The predicted octanol–water partition coefficient (Wildman–Crippen LogP) is 2.33. The van der Waals surface area contributed by atoms with Gasteiger partial charge in [-0.05, 0) is 11.8 Å². The Morgan fingerprint density at radius 1 is 1.36 bits per heavy atom. The van der Waals surface area contributed by atoms with Gasteiger partial charge < -0.3 is 5.32 Å². The molecule has 8 heteroatoms. The van der Waals surface area contributed by atoms with Crippen molar-refractivity contribution in [2.45, 2.75) is 25.7 Å². The van der Waals surface area contributed by atoms with Gasteiger partial charge in [-0.15, -0.1) is 11.8 Å². The van der Waals surface area contributed by atoms with Crippen LogP contribution in [0.3, 0.4) is 0 Å². The molecule has 114 valence electrons. The molecule has 6 nitrogen and oxygen atoms in total. The normalized spacial score (nSPS) is 18.7. The first-order valence-corrected chi connectivity index (χ1v) is 7.96. The first kappa shape index (κ1) is 13.6. The molecule has 22 heavy (non-hydrogen) atoms. The van der Waals surface area contributed by atoms with Crippen molar-refractivity contribution in [3.05, 3.63) is 41.4 Å². The number of thioether (sulfide) groups is 1. The molecule has 2 aliphatic rings. The molecule has 0 aromatic carbocycles. The maximum absolute atomic E-state index is 12.9. The molecule has 0 atom stereocenters. The van der Waals surface area contributed by atoms with Crippen molar-refractivity contribution >= 4 is 22.6 Å². The first-order valence-electron chi connectivity index (χ1n) is 6.98. The smallest absolute Gasteiger partial charge is 0.243 e. The fourth-order valence-corrected chi connectivity index (χ4v) is 3.82. The average Bonchev–Trinajstić information content (AvgIpc) is 3.07. The lowest BCUT2D eigenvalue weighted by Gasteiger charge is -2.29. The molecule has 0 amide bonds. The number of hydrogen-bond donors (Lipinski definition) is 2.